The molecule has 0 saturated carbocycles. The minimum absolute atomic E-state index is 0.0493. The number of halogens is 1. The summed E-state index contributed by atoms with van der Waals surface area (Å²) in [6.07, 6.45) is 0.622. The molecule has 1 atom stereocenters. The van der Waals surface area contributed by atoms with Crippen molar-refractivity contribution in [3.8, 4) is 0 Å². The van der Waals surface area contributed by atoms with Crippen molar-refractivity contribution in [3.05, 3.63) is 34.9 Å². The Morgan fingerprint density at radius 2 is 2.06 bits per heavy atom. The fourth-order valence-electron chi connectivity index (χ4n) is 1.23. The molecule has 0 bridgehead atoms. The Balaban J connectivity index is 2.28. The Labute approximate surface area is 100.0 Å². The molecule has 0 aliphatic rings. The van der Waals surface area contributed by atoms with Crippen LogP contribution in [-0.4, -0.2) is 17.2 Å². The van der Waals surface area contributed by atoms with E-state index in [0.717, 1.165) is 5.56 Å². The SMILES string of the molecule is CC(CCC(=O)O)OCc1ccc(Cl)cc1. The van der Waals surface area contributed by atoms with Crippen LogP contribution in [0.3, 0.4) is 0 Å². The number of ether oxygens (including phenoxy) is 1. The number of carboxylic acids is 1. The fourth-order valence-corrected chi connectivity index (χ4v) is 1.36. The molecular weight excluding hydrogens is 228 g/mol. The summed E-state index contributed by atoms with van der Waals surface area (Å²) in [6, 6.07) is 7.41. The van der Waals surface area contributed by atoms with Gasteiger partial charge in [-0.1, -0.05) is 23.7 Å². The lowest BCUT2D eigenvalue weighted by atomic mass is 10.2. The first-order valence-corrected chi connectivity index (χ1v) is 5.53. The minimum Gasteiger partial charge on any atom is -0.481 e. The van der Waals surface area contributed by atoms with Gasteiger partial charge in [0.15, 0.2) is 0 Å². The number of benzene rings is 1. The fraction of sp³-hybridized carbons (Fsp3) is 0.417. The summed E-state index contributed by atoms with van der Waals surface area (Å²) in [5.74, 6) is -0.790. The predicted molar refractivity (Wildman–Crippen MR) is 62.6 cm³/mol. The lowest BCUT2D eigenvalue weighted by Crippen LogP contribution is -2.10. The summed E-state index contributed by atoms with van der Waals surface area (Å²) < 4.78 is 5.51. The van der Waals surface area contributed by atoms with Crippen LogP contribution in [0.4, 0.5) is 0 Å². The van der Waals surface area contributed by atoms with Crippen molar-refractivity contribution >= 4 is 17.6 Å². The number of carbonyl (C=O) groups is 1. The summed E-state index contributed by atoms with van der Waals surface area (Å²) in [4.78, 5) is 10.3. The maximum absolute atomic E-state index is 10.3. The molecule has 0 amide bonds. The van der Waals surface area contributed by atoms with Gasteiger partial charge in [0, 0.05) is 11.4 Å². The highest BCUT2D eigenvalue weighted by Gasteiger charge is 2.05. The van der Waals surface area contributed by atoms with E-state index < -0.39 is 5.97 Å². The summed E-state index contributed by atoms with van der Waals surface area (Å²) in [5, 5.41) is 9.20. The van der Waals surface area contributed by atoms with Gasteiger partial charge in [-0.2, -0.15) is 0 Å². The Morgan fingerprint density at radius 1 is 1.44 bits per heavy atom. The lowest BCUT2D eigenvalue weighted by molar-refractivity contribution is -0.137. The monoisotopic (exact) mass is 242 g/mol. The van der Waals surface area contributed by atoms with Crippen molar-refractivity contribution in [3.63, 3.8) is 0 Å². The highest BCUT2D eigenvalue weighted by molar-refractivity contribution is 6.30. The molecule has 3 nitrogen and oxygen atoms in total. The first-order chi connectivity index (χ1) is 7.58. The highest BCUT2D eigenvalue weighted by atomic mass is 35.5. The van der Waals surface area contributed by atoms with Crippen LogP contribution < -0.4 is 0 Å². The van der Waals surface area contributed by atoms with E-state index in [9.17, 15) is 4.79 Å². The molecule has 0 aliphatic heterocycles. The molecule has 0 radical (unpaired) electrons. The van der Waals surface area contributed by atoms with Crippen LogP contribution in [0, 0.1) is 0 Å². The normalized spacial score (nSPS) is 12.4. The van der Waals surface area contributed by atoms with E-state index in [-0.39, 0.29) is 12.5 Å². The standard InChI is InChI=1S/C12H15ClO3/c1-9(2-7-12(14)15)16-8-10-3-5-11(13)6-4-10/h3-6,9H,2,7-8H2,1H3,(H,14,15). The van der Waals surface area contributed by atoms with Crippen molar-refractivity contribution in [2.24, 2.45) is 0 Å². The largest absolute Gasteiger partial charge is 0.481 e. The first kappa shape index (κ1) is 13.0. The van der Waals surface area contributed by atoms with Crippen LogP contribution in [-0.2, 0) is 16.1 Å². The zero-order valence-corrected chi connectivity index (χ0v) is 9.91. The maximum Gasteiger partial charge on any atom is 0.303 e. The van der Waals surface area contributed by atoms with Crippen molar-refractivity contribution in [1.82, 2.24) is 0 Å². The molecule has 1 aromatic rings. The Kier molecular flexibility index (Phi) is 5.29. The van der Waals surface area contributed by atoms with E-state index in [2.05, 4.69) is 0 Å². The summed E-state index contributed by atoms with van der Waals surface area (Å²) in [5.41, 5.74) is 1.03. The second-order valence-electron chi connectivity index (χ2n) is 3.68. The molecule has 0 aliphatic carbocycles. The zero-order valence-electron chi connectivity index (χ0n) is 9.15. The molecule has 88 valence electrons. The van der Waals surface area contributed by atoms with Gasteiger partial charge >= 0.3 is 5.97 Å². The lowest BCUT2D eigenvalue weighted by Gasteiger charge is -2.11. The molecule has 1 unspecified atom stereocenters. The molecule has 1 rings (SSSR count). The van der Waals surface area contributed by atoms with E-state index in [1.54, 1.807) is 0 Å². The van der Waals surface area contributed by atoms with E-state index in [1.807, 2.05) is 31.2 Å². The van der Waals surface area contributed by atoms with Crippen LogP contribution in [0.15, 0.2) is 24.3 Å². The molecule has 0 spiro atoms. The second kappa shape index (κ2) is 6.51. The van der Waals surface area contributed by atoms with Crippen LogP contribution in [0.25, 0.3) is 0 Å². The van der Waals surface area contributed by atoms with Gasteiger partial charge in [0.2, 0.25) is 0 Å². The van der Waals surface area contributed by atoms with Gasteiger partial charge in [0.25, 0.3) is 0 Å². The molecular formula is C12H15ClO3. The third-order valence-electron chi connectivity index (χ3n) is 2.21. The second-order valence-corrected chi connectivity index (χ2v) is 4.12. The third-order valence-corrected chi connectivity index (χ3v) is 2.46. The molecule has 1 aromatic carbocycles. The van der Waals surface area contributed by atoms with Crippen molar-refractivity contribution in [2.45, 2.75) is 32.5 Å². The smallest absolute Gasteiger partial charge is 0.303 e. The van der Waals surface area contributed by atoms with Crippen molar-refractivity contribution in [2.75, 3.05) is 0 Å². The molecule has 0 saturated heterocycles. The molecule has 1 N–H and O–H groups in total. The van der Waals surface area contributed by atoms with Crippen LogP contribution in [0.1, 0.15) is 25.3 Å². The Hall–Kier alpha value is -1.06. The molecule has 4 heteroatoms. The highest BCUT2D eigenvalue weighted by Crippen LogP contribution is 2.12. The van der Waals surface area contributed by atoms with Gasteiger partial charge in [0.05, 0.1) is 12.7 Å². The molecule has 0 heterocycles. The average Bonchev–Trinajstić information content (AvgIpc) is 2.25. The summed E-state index contributed by atoms with van der Waals surface area (Å²) in [7, 11) is 0. The average molecular weight is 243 g/mol. The predicted octanol–water partition coefficient (Wildman–Crippen LogP) is 3.11. The number of aliphatic carboxylic acids is 1. The number of hydrogen-bond acceptors (Lipinski definition) is 2. The first-order valence-electron chi connectivity index (χ1n) is 5.16. The van der Waals surface area contributed by atoms with E-state index in [4.69, 9.17) is 21.4 Å². The van der Waals surface area contributed by atoms with Gasteiger partial charge in [-0.3, -0.25) is 4.79 Å². The topological polar surface area (TPSA) is 46.5 Å². The number of rotatable bonds is 6. The minimum atomic E-state index is -0.790. The maximum atomic E-state index is 10.3. The van der Waals surface area contributed by atoms with Crippen molar-refractivity contribution < 1.29 is 14.6 Å². The Morgan fingerprint density at radius 3 is 2.62 bits per heavy atom. The van der Waals surface area contributed by atoms with Crippen LogP contribution in [0.2, 0.25) is 5.02 Å². The van der Waals surface area contributed by atoms with E-state index in [0.29, 0.717) is 18.1 Å². The van der Waals surface area contributed by atoms with Crippen LogP contribution >= 0.6 is 11.6 Å². The van der Waals surface area contributed by atoms with Gasteiger partial charge in [-0.15, -0.1) is 0 Å². The molecule has 0 aromatic heterocycles. The third kappa shape index (κ3) is 5.14. The quantitative estimate of drug-likeness (QED) is 0.834. The van der Waals surface area contributed by atoms with Gasteiger partial charge in [-0.05, 0) is 31.0 Å². The van der Waals surface area contributed by atoms with E-state index >= 15 is 0 Å². The molecule has 16 heavy (non-hydrogen) atoms. The van der Waals surface area contributed by atoms with Gasteiger partial charge in [-0.25, -0.2) is 0 Å². The van der Waals surface area contributed by atoms with Gasteiger partial charge in [0.1, 0.15) is 0 Å². The van der Waals surface area contributed by atoms with E-state index in [1.165, 1.54) is 0 Å². The summed E-state index contributed by atoms with van der Waals surface area (Å²) in [6.45, 7) is 2.36. The number of hydrogen-bond donors (Lipinski definition) is 1. The summed E-state index contributed by atoms with van der Waals surface area (Å²) >= 11 is 5.75. The number of carboxylic acid groups (broad SMARTS) is 1. The van der Waals surface area contributed by atoms with Crippen LogP contribution in [0.5, 0.6) is 0 Å². The Bertz CT molecular complexity index is 335. The van der Waals surface area contributed by atoms with Gasteiger partial charge < -0.3 is 9.84 Å². The van der Waals surface area contributed by atoms with Crippen molar-refractivity contribution in [1.29, 1.82) is 0 Å². The zero-order chi connectivity index (χ0) is 12.0. The molecule has 0 fully saturated rings.